The highest BCUT2D eigenvalue weighted by molar-refractivity contribution is 5.85. The summed E-state index contributed by atoms with van der Waals surface area (Å²) in [6.07, 6.45) is 0.385. The Bertz CT molecular complexity index is 888. The largest absolute Gasteiger partial charge is 0.492 e. The lowest BCUT2D eigenvalue weighted by atomic mass is 10.0. The Kier molecular flexibility index (Phi) is 6.44. The third-order valence-corrected chi connectivity index (χ3v) is 4.40. The van der Waals surface area contributed by atoms with E-state index in [9.17, 15) is 4.79 Å². The van der Waals surface area contributed by atoms with E-state index in [1.807, 2.05) is 56.6 Å². The van der Waals surface area contributed by atoms with Gasteiger partial charge in [0.15, 0.2) is 0 Å². The molecule has 1 N–H and O–H groups in total. The molecule has 0 heterocycles. The molecular formula is C23H26N2O2. The van der Waals surface area contributed by atoms with Gasteiger partial charge in [0.2, 0.25) is 5.91 Å². The lowest BCUT2D eigenvalue weighted by Crippen LogP contribution is -2.24. The molecular weight excluding hydrogens is 336 g/mol. The minimum atomic E-state index is 0.0246. The Morgan fingerprint density at radius 1 is 0.926 bits per heavy atom. The van der Waals surface area contributed by atoms with E-state index in [-0.39, 0.29) is 5.91 Å². The van der Waals surface area contributed by atoms with Crippen LogP contribution in [-0.2, 0) is 17.8 Å². The van der Waals surface area contributed by atoms with Crippen LogP contribution in [0.4, 0.5) is 0 Å². The van der Waals surface area contributed by atoms with E-state index < -0.39 is 0 Å². The van der Waals surface area contributed by atoms with Gasteiger partial charge in [0.1, 0.15) is 12.4 Å². The number of benzene rings is 3. The van der Waals surface area contributed by atoms with Crippen molar-refractivity contribution < 1.29 is 9.53 Å². The van der Waals surface area contributed by atoms with Gasteiger partial charge < -0.3 is 15.0 Å². The highest BCUT2D eigenvalue weighted by atomic mass is 16.5. The van der Waals surface area contributed by atoms with Crippen LogP contribution in [0.5, 0.6) is 5.75 Å². The molecule has 140 valence electrons. The minimum absolute atomic E-state index is 0.0246. The lowest BCUT2D eigenvalue weighted by Gasteiger charge is -2.11. The zero-order valence-electron chi connectivity index (χ0n) is 15.9. The van der Waals surface area contributed by atoms with Crippen LogP contribution < -0.4 is 10.1 Å². The first kappa shape index (κ1) is 18.9. The zero-order chi connectivity index (χ0) is 19.1. The van der Waals surface area contributed by atoms with E-state index in [0.29, 0.717) is 19.6 Å². The Morgan fingerprint density at radius 3 is 2.37 bits per heavy atom. The molecule has 0 spiro atoms. The summed E-state index contributed by atoms with van der Waals surface area (Å²) >= 11 is 0. The second-order valence-electron chi connectivity index (χ2n) is 6.93. The highest BCUT2D eigenvalue weighted by Crippen LogP contribution is 2.16. The number of nitrogens with zero attached hydrogens (tertiary/aromatic N) is 1. The van der Waals surface area contributed by atoms with Crippen molar-refractivity contribution in [1.29, 1.82) is 0 Å². The fourth-order valence-electron chi connectivity index (χ4n) is 2.85. The maximum absolute atomic E-state index is 12.3. The maximum Gasteiger partial charge on any atom is 0.224 e. The molecule has 27 heavy (non-hydrogen) atoms. The van der Waals surface area contributed by atoms with Gasteiger partial charge in [-0.1, -0.05) is 54.6 Å². The molecule has 3 aromatic carbocycles. The topological polar surface area (TPSA) is 41.6 Å². The van der Waals surface area contributed by atoms with E-state index in [4.69, 9.17) is 4.74 Å². The molecule has 0 aliphatic rings. The fourth-order valence-corrected chi connectivity index (χ4v) is 2.85. The van der Waals surface area contributed by atoms with Crippen LogP contribution >= 0.6 is 0 Å². The van der Waals surface area contributed by atoms with Crippen LogP contribution in [-0.4, -0.2) is 38.1 Å². The first-order valence-electron chi connectivity index (χ1n) is 9.21. The predicted molar refractivity (Wildman–Crippen MR) is 110 cm³/mol. The van der Waals surface area contributed by atoms with Crippen molar-refractivity contribution in [1.82, 2.24) is 10.2 Å². The number of amides is 1. The summed E-state index contributed by atoms with van der Waals surface area (Å²) in [6, 6.07) is 22.2. The van der Waals surface area contributed by atoms with Gasteiger partial charge in [0.05, 0.1) is 6.42 Å². The third-order valence-electron chi connectivity index (χ3n) is 4.40. The Morgan fingerprint density at radius 2 is 1.63 bits per heavy atom. The molecule has 0 saturated heterocycles. The van der Waals surface area contributed by atoms with Gasteiger partial charge in [0, 0.05) is 13.1 Å². The number of likely N-dealkylation sites (N-methyl/N-ethyl adjacent to an activating group) is 1. The molecule has 0 radical (unpaired) electrons. The lowest BCUT2D eigenvalue weighted by molar-refractivity contribution is -0.120. The SMILES string of the molecule is CN(C)CCOc1ccc(CNC(=O)Cc2ccc3ccccc3c2)cc1. The maximum atomic E-state index is 12.3. The van der Waals surface area contributed by atoms with Crippen molar-refractivity contribution >= 4 is 16.7 Å². The summed E-state index contributed by atoms with van der Waals surface area (Å²) in [5.74, 6) is 0.875. The number of rotatable bonds is 8. The molecule has 0 bridgehead atoms. The fraction of sp³-hybridized carbons (Fsp3) is 0.261. The average Bonchev–Trinajstić information content (AvgIpc) is 2.67. The first-order chi connectivity index (χ1) is 13.1. The van der Waals surface area contributed by atoms with Crippen LogP contribution in [0.3, 0.4) is 0 Å². The monoisotopic (exact) mass is 362 g/mol. The smallest absolute Gasteiger partial charge is 0.224 e. The van der Waals surface area contributed by atoms with Crippen molar-refractivity contribution in [2.24, 2.45) is 0 Å². The van der Waals surface area contributed by atoms with Crippen LogP contribution in [0.2, 0.25) is 0 Å². The summed E-state index contributed by atoms with van der Waals surface area (Å²) in [6.45, 7) is 2.06. The van der Waals surface area contributed by atoms with Crippen molar-refractivity contribution in [3.63, 3.8) is 0 Å². The van der Waals surface area contributed by atoms with Gasteiger partial charge in [-0.25, -0.2) is 0 Å². The predicted octanol–water partition coefficient (Wildman–Crippen LogP) is 3.64. The summed E-state index contributed by atoms with van der Waals surface area (Å²) in [7, 11) is 4.04. The van der Waals surface area contributed by atoms with Gasteiger partial charge >= 0.3 is 0 Å². The summed E-state index contributed by atoms with van der Waals surface area (Å²) in [4.78, 5) is 14.3. The van der Waals surface area contributed by atoms with E-state index in [0.717, 1.165) is 28.8 Å². The second-order valence-corrected chi connectivity index (χ2v) is 6.93. The molecule has 0 saturated carbocycles. The Labute approximate surface area is 160 Å². The zero-order valence-corrected chi connectivity index (χ0v) is 15.9. The van der Waals surface area contributed by atoms with Gasteiger partial charge in [-0.05, 0) is 48.1 Å². The first-order valence-corrected chi connectivity index (χ1v) is 9.21. The van der Waals surface area contributed by atoms with Gasteiger partial charge in [-0.3, -0.25) is 4.79 Å². The van der Waals surface area contributed by atoms with E-state index in [2.05, 4.69) is 34.5 Å². The van der Waals surface area contributed by atoms with Gasteiger partial charge in [0.25, 0.3) is 0 Å². The number of ether oxygens (including phenoxy) is 1. The highest BCUT2D eigenvalue weighted by Gasteiger charge is 2.05. The number of carbonyl (C=O) groups is 1. The number of nitrogens with one attached hydrogen (secondary N) is 1. The standard InChI is InChI=1S/C23H26N2O2/c1-25(2)13-14-27-22-11-8-18(9-12-22)17-24-23(26)16-19-7-10-20-5-3-4-6-21(20)15-19/h3-12,15H,13-14,16-17H2,1-2H3,(H,24,26). The van der Waals surface area contributed by atoms with Crippen molar-refractivity contribution in [3.05, 3.63) is 77.9 Å². The third kappa shape index (κ3) is 5.83. The van der Waals surface area contributed by atoms with E-state index >= 15 is 0 Å². The number of hydrogen-bond acceptors (Lipinski definition) is 3. The summed E-state index contributed by atoms with van der Waals surface area (Å²) in [5, 5.41) is 5.34. The van der Waals surface area contributed by atoms with Crippen molar-refractivity contribution in [3.8, 4) is 5.75 Å². The Balaban J connectivity index is 1.48. The summed E-state index contributed by atoms with van der Waals surface area (Å²) in [5.41, 5.74) is 2.08. The van der Waals surface area contributed by atoms with E-state index in [1.54, 1.807) is 0 Å². The molecule has 3 rings (SSSR count). The molecule has 1 amide bonds. The molecule has 0 unspecified atom stereocenters. The quantitative estimate of drug-likeness (QED) is 0.665. The Hall–Kier alpha value is -2.85. The second kappa shape index (κ2) is 9.19. The molecule has 0 aliphatic heterocycles. The molecule has 4 nitrogen and oxygen atoms in total. The molecule has 0 aromatic heterocycles. The minimum Gasteiger partial charge on any atom is -0.492 e. The summed E-state index contributed by atoms with van der Waals surface area (Å²) < 4.78 is 5.68. The van der Waals surface area contributed by atoms with Crippen molar-refractivity contribution in [2.75, 3.05) is 27.2 Å². The molecule has 4 heteroatoms. The van der Waals surface area contributed by atoms with Gasteiger partial charge in [-0.2, -0.15) is 0 Å². The molecule has 0 fully saturated rings. The normalized spacial score (nSPS) is 10.9. The molecule has 0 aliphatic carbocycles. The number of hydrogen-bond donors (Lipinski definition) is 1. The van der Waals surface area contributed by atoms with Gasteiger partial charge in [-0.15, -0.1) is 0 Å². The van der Waals surface area contributed by atoms with Crippen molar-refractivity contribution in [2.45, 2.75) is 13.0 Å². The van der Waals surface area contributed by atoms with Crippen LogP contribution in [0, 0.1) is 0 Å². The van der Waals surface area contributed by atoms with Crippen LogP contribution in [0.1, 0.15) is 11.1 Å². The van der Waals surface area contributed by atoms with Crippen LogP contribution in [0.15, 0.2) is 66.7 Å². The number of carbonyl (C=O) groups excluding carboxylic acids is 1. The van der Waals surface area contributed by atoms with E-state index in [1.165, 1.54) is 5.39 Å². The molecule has 3 aromatic rings. The number of fused-ring (bicyclic) bond motifs is 1. The average molecular weight is 362 g/mol. The molecule has 0 atom stereocenters. The van der Waals surface area contributed by atoms with Crippen LogP contribution in [0.25, 0.3) is 10.8 Å².